The SMILES string of the molecule is CN(C)c1cc(Cl)cc2c(-c3ccnc(NC4CCCC4)n3)c(-c3ccc(F)cc3)nn12. The van der Waals surface area contributed by atoms with E-state index in [1.54, 1.807) is 18.3 Å². The van der Waals surface area contributed by atoms with Crippen LogP contribution in [-0.4, -0.2) is 39.7 Å². The second-order valence-electron chi connectivity index (χ2n) is 8.34. The Bertz CT molecular complexity index is 1260. The predicted molar refractivity (Wildman–Crippen MR) is 127 cm³/mol. The molecule has 0 bridgehead atoms. The molecule has 0 amide bonds. The Morgan fingerprint density at radius 2 is 1.84 bits per heavy atom. The molecule has 3 aromatic heterocycles. The fraction of sp³-hybridized carbons (Fsp3) is 0.292. The molecule has 8 heteroatoms. The summed E-state index contributed by atoms with van der Waals surface area (Å²) >= 11 is 6.49. The van der Waals surface area contributed by atoms with Crippen molar-refractivity contribution in [1.82, 2.24) is 19.6 Å². The normalized spacial score (nSPS) is 14.2. The molecule has 0 unspecified atom stereocenters. The third kappa shape index (κ3) is 3.88. The maximum atomic E-state index is 13.6. The maximum Gasteiger partial charge on any atom is 0.223 e. The molecule has 1 aromatic carbocycles. The van der Waals surface area contributed by atoms with Gasteiger partial charge in [-0.1, -0.05) is 24.4 Å². The fourth-order valence-corrected chi connectivity index (χ4v) is 4.50. The molecule has 164 valence electrons. The standard InChI is InChI=1S/C24H24ClFN6/c1-31(2)21-14-16(25)13-20-22(23(30-32(20)21)15-7-9-17(26)10-8-15)19-11-12-27-24(29-19)28-18-5-3-4-6-18/h7-14,18H,3-6H2,1-2H3,(H,27,28,29). The number of rotatable bonds is 5. The zero-order valence-corrected chi connectivity index (χ0v) is 18.8. The summed E-state index contributed by atoms with van der Waals surface area (Å²) in [6.45, 7) is 0. The number of nitrogens with zero attached hydrogens (tertiary/aromatic N) is 5. The molecule has 1 aliphatic carbocycles. The van der Waals surface area contributed by atoms with Gasteiger partial charge in [0.2, 0.25) is 5.95 Å². The molecule has 3 heterocycles. The van der Waals surface area contributed by atoms with Crippen molar-refractivity contribution in [3.63, 3.8) is 0 Å². The van der Waals surface area contributed by atoms with Crippen molar-refractivity contribution in [2.75, 3.05) is 24.3 Å². The van der Waals surface area contributed by atoms with Gasteiger partial charge in [0.15, 0.2) is 0 Å². The van der Waals surface area contributed by atoms with E-state index in [-0.39, 0.29) is 5.82 Å². The molecule has 4 aromatic rings. The first-order chi connectivity index (χ1) is 15.5. The van der Waals surface area contributed by atoms with Gasteiger partial charge in [0, 0.05) is 36.9 Å². The number of nitrogens with one attached hydrogen (secondary N) is 1. The quantitative estimate of drug-likeness (QED) is 0.424. The largest absolute Gasteiger partial charge is 0.363 e. The lowest BCUT2D eigenvalue weighted by molar-refractivity contribution is 0.628. The van der Waals surface area contributed by atoms with Gasteiger partial charge < -0.3 is 10.2 Å². The van der Waals surface area contributed by atoms with Crippen LogP contribution in [0.1, 0.15) is 25.7 Å². The van der Waals surface area contributed by atoms with E-state index in [9.17, 15) is 4.39 Å². The van der Waals surface area contributed by atoms with E-state index < -0.39 is 0 Å². The van der Waals surface area contributed by atoms with Crippen LogP contribution in [0.4, 0.5) is 16.2 Å². The van der Waals surface area contributed by atoms with Crippen LogP contribution in [0.3, 0.4) is 0 Å². The summed E-state index contributed by atoms with van der Waals surface area (Å²) in [5.41, 5.74) is 3.91. The molecular formula is C24H24ClFN6. The van der Waals surface area contributed by atoms with Crippen LogP contribution >= 0.6 is 11.6 Å². The van der Waals surface area contributed by atoms with Crippen molar-refractivity contribution in [3.8, 4) is 22.5 Å². The number of fused-ring (bicyclic) bond motifs is 1. The summed E-state index contributed by atoms with van der Waals surface area (Å²) in [5, 5.41) is 8.97. The van der Waals surface area contributed by atoms with Crippen molar-refractivity contribution in [2.45, 2.75) is 31.7 Å². The lowest BCUT2D eigenvalue weighted by atomic mass is 10.0. The number of anilines is 2. The third-order valence-corrected chi connectivity index (χ3v) is 6.07. The van der Waals surface area contributed by atoms with E-state index in [0.29, 0.717) is 22.7 Å². The minimum atomic E-state index is -0.291. The molecule has 1 aliphatic rings. The number of aromatic nitrogens is 4. The third-order valence-electron chi connectivity index (χ3n) is 5.86. The van der Waals surface area contributed by atoms with Crippen molar-refractivity contribution < 1.29 is 4.39 Å². The Hall–Kier alpha value is -3.19. The Morgan fingerprint density at radius 1 is 1.09 bits per heavy atom. The Kier molecular flexibility index (Phi) is 5.43. The van der Waals surface area contributed by atoms with Gasteiger partial charge in [-0.3, -0.25) is 0 Å². The number of halogens is 2. The zero-order valence-electron chi connectivity index (χ0n) is 18.0. The van der Waals surface area contributed by atoms with Gasteiger partial charge in [-0.25, -0.2) is 18.9 Å². The lowest BCUT2D eigenvalue weighted by Gasteiger charge is -2.15. The van der Waals surface area contributed by atoms with Crippen LogP contribution < -0.4 is 10.2 Å². The fourth-order valence-electron chi connectivity index (χ4n) is 4.30. The first-order valence-electron chi connectivity index (χ1n) is 10.7. The minimum Gasteiger partial charge on any atom is -0.363 e. The Labute approximate surface area is 191 Å². The summed E-state index contributed by atoms with van der Waals surface area (Å²) < 4.78 is 15.5. The van der Waals surface area contributed by atoms with E-state index in [1.807, 2.05) is 41.7 Å². The van der Waals surface area contributed by atoms with E-state index in [1.165, 1.54) is 25.0 Å². The monoisotopic (exact) mass is 450 g/mol. The van der Waals surface area contributed by atoms with Gasteiger partial charge in [-0.2, -0.15) is 5.10 Å². The molecule has 32 heavy (non-hydrogen) atoms. The van der Waals surface area contributed by atoms with Gasteiger partial charge in [-0.05, 0) is 55.3 Å². The highest BCUT2D eigenvalue weighted by atomic mass is 35.5. The van der Waals surface area contributed by atoms with Crippen LogP contribution in [0.15, 0.2) is 48.7 Å². The Morgan fingerprint density at radius 3 is 2.56 bits per heavy atom. The molecular weight excluding hydrogens is 427 g/mol. The van der Waals surface area contributed by atoms with E-state index in [2.05, 4.69) is 10.3 Å². The van der Waals surface area contributed by atoms with E-state index in [0.717, 1.165) is 41.0 Å². The van der Waals surface area contributed by atoms with Crippen LogP contribution in [-0.2, 0) is 0 Å². The summed E-state index contributed by atoms with van der Waals surface area (Å²) in [6.07, 6.45) is 6.48. The van der Waals surface area contributed by atoms with Gasteiger partial charge in [0.05, 0.1) is 16.8 Å². The summed E-state index contributed by atoms with van der Waals surface area (Å²) in [4.78, 5) is 11.2. The second-order valence-corrected chi connectivity index (χ2v) is 8.78. The molecule has 1 N–H and O–H groups in total. The van der Waals surface area contributed by atoms with Crippen LogP contribution in [0.25, 0.3) is 28.0 Å². The highest BCUT2D eigenvalue weighted by molar-refractivity contribution is 6.31. The predicted octanol–water partition coefficient (Wildman–Crippen LogP) is 5.67. The topological polar surface area (TPSA) is 58.4 Å². The van der Waals surface area contributed by atoms with Crippen molar-refractivity contribution in [2.24, 2.45) is 0 Å². The van der Waals surface area contributed by atoms with Crippen LogP contribution in [0.5, 0.6) is 0 Å². The summed E-state index contributed by atoms with van der Waals surface area (Å²) in [5.74, 6) is 1.15. The first kappa shape index (κ1) is 20.7. The Balaban J connectivity index is 1.72. The van der Waals surface area contributed by atoms with Crippen molar-refractivity contribution >= 4 is 28.9 Å². The van der Waals surface area contributed by atoms with Crippen LogP contribution in [0.2, 0.25) is 5.02 Å². The molecule has 0 aliphatic heterocycles. The molecule has 0 radical (unpaired) electrons. The highest BCUT2D eigenvalue weighted by Crippen LogP contribution is 2.37. The van der Waals surface area contributed by atoms with E-state index >= 15 is 0 Å². The second kappa shape index (κ2) is 8.39. The average Bonchev–Trinajstić information content (AvgIpc) is 3.41. The van der Waals surface area contributed by atoms with Gasteiger partial charge >= 0.3 is 0 Å². The molecule has 5 rings (SSSR count). The molecule has 1 fully saturated rings. The van der Waals surface area contributed by atoms with Crippen molar-refractivity contribution in [1.29, 1.82) is 0 Å². The smallest absolute Gasteiger partial charge is 0.223 e. The maximum absolute atomic E-state index is 13.6. The molecule has 6 nitrogen and oxygen atoms in total. The molecule has 0 atom stereocenters. The summed E-state index contributed by atoms with van der Waals surface area (Å²) in [6, 6.07) is 12.4. The highest BCUT2D eigenvalue weighted by Gasteiger charge is 2.22. The number of pyridine rings is 1. The van der Waals surface area contributed by atoms with E-state index in [4.69, 9.17) is 21.7 Å². The number of hydrogen-bond donors (Lipinski definition) is 1. The van der Waals surface area contributed by atoms with Crippen LogP contribution in [0, 0.1) is 5.82 Å². The zero-order chi connectivity index (χ0) is 22.2. The molecule has 0 saturated heterocycles. The average molecular weight is 451 g/mol. The number of benzene rings is 1. The molecule has 0 spiro atoms. The van der Waals surface area contributed by atoms with Gasteiger partial charge in [0.25, 0.3) is 0 Å². The van der Waals surface area contributed by atoms with Gasteiger partial charge in [0.1, 0.15) is 17.3 Å². The minimum absolute atomic E-state index is 0.291. The van der Waals surface area contributed by atoms with Gasteiger partial charge in [-0.15, -0.1) is 0 Å². The first-order valence-corrected chi connectivity index (χ1v) is 11.1. The lowest BCUT2D eigenvalue weighted by Crippen LogP contribution is -2.16. The number of hydrogen-bond acceptors (Lipinski definition) is 5. The summed E-state index contributed by atoms with van der Waals surface area (Å²) in [7, 11) is 3.89. The van der Waals surface area contributed by atoms with Crippen molar-refractivity contribution in [3.05, 3.63) is 59.5 Å². The molecule has 1 saturated carbocycles.